The van der Waals surface area contributed by atoms with Crippen LogP contribution in [0.3, 0.4) is 0 Å². The third-order valence-corrected chi connectivity index (χ3v) is 3.49. The van der Waals surface area contributed by atoms with E-state index in [2.05, 4.69) is 20.8 Å². The van der Waals surface area contributed by atoms with E-state index in [1.54, 1.807) is 38.1 Å². The van der Waals surface area contributed by atoms with E-state index in [0.717, 1.165) is 5.56 Å². The molecule has 0 unspecified atom stereocenters. The van der Waals surface area contributed by atoms with Gasteiger partial charge in [0.25, 0.3) is 0 Å². The third kappa shape index (κ3) is 5.34. The molecule has 3 N–H and O–H groups in total. The molecule has 1 atom stereocenters. The number of amides is 2. The highest BCUT2D eigenvalue weighted by molar-refractivity contribution is 5.89. The zero-order chi connectivity index (χ0) is 17.7. The van der Waals surface area contributed by atoms with Crippen LogP contribution in [0.15, 0.2) is 28.7 Å². The molecule has 2 rings (SSSR count). The molecule has 0 aliphatic carbocycles. The monoisotopic (exact) mass is 332 g/mol. The number of aromatic nitrogens is 2. The van der Waals surface area contributed by atoms with Crippen LogP contribution in [0.1, 0.15) is 33.1 Å². The molecule has 2 amide bonds. The second-order valence-corrected chi connectivity index (χ2v) is 6.73. The molecule has 1 heterocycles. The average Bonchev–Trinajstić information content (AvgIpc) is 2.91. The maximum atomic E-state index is 12.0. The molecule has 0 bridgehead atoms. The first-order valence-electron chi connectivity index (χ1n) is 7.89. The molecule has 0 saturated carbocycles. The molecule has 1 aromatic heterocycles. The van der Waals surface area contributed by atoms with Crippen molar-refractivity contribution >= 4 is 11.7 Å². The molecule has 1 aromatic carbocycles. The number of aliphatic hydroxyl groups excluding tert-OH is 1. The van der Waals surface area contributed by atoms with Crippen LogP contribution < -0.4 is 10.6 Å². The van der Waals surface area contributed by atoms with Gasteiger partial charge in [-0.2, -0.15) is 0 Å². The van der Waals surface area contributed by atoms with Crippen molar-refractivity contribution < 1.29 is 14.3 Å². The highest BCUT2D eigenvalue weighted by Gasteiger charge is 2.21. The quantitative estimate of drug-likeness (QED) is 0.755. The Labute approximate surface area is 141 Å². The Hall–Kier alpha value is -2.41. The number of hydrogen-bond acceptors (Lipinski definition) is 5. The van der Waals surface area contributed by atoms with E-state index in [4.69, 9.17) is 4.42 Å². The van der Waals surface area contributed by atoms with Gasteiger partial charge in [-0.15, -0.1) is 10.2 Å². The molecule has 0 spiro atoms. The van der Waals surface area contributed by atoms with Crippen LogP contribution in [0.25, 0.3) is 11.5 Å². The lowest BCUT2D eigenvalue weighted by Crippen LogP contribution is -2.38. The zero-order valence-electron chi connectivity index (χ0n) is 14.5. The van der Waals surface area contributed by atoms with E-state index in [-0.39, 0.29) is 11.4 Å². The molecule has 130 valence electrons. The maximum Gasteiger partial charge on any atom is 0.319 e. The summed E-state index contributed by atoms with van der Waals surface area (Å²) in [6, 6.07) is 6.88. The number of rotatable bonds is 6. The minimum absolute atomic E-state index is 0.175. The number of aryl methyl sites for hydroxylation is 1. The first kappa shape index (κ1) is 17.9. The van der Waals surface area contributed by atoms with Crippen molar-refractivity contribution in [2.24, 2.45) is 5.41 Å². The molecule has 2 aromatic rings. The maximum absolute atomic E-state index is 12.0. The van der Waals surface area contributed by atoms with E-state index < -0.39 is 6.10 Å². The minimum atomic E-state index is -0.397. The van der Waals surface area contributed by atoms with Gasteiger partial charge < -0.3 is 20.2 Å². The molecule has 0 aliphatic heterocycles. The topological polar surface area (TPSA) is 100 Å². The Balaban J connectivity index is 1.88. The number of hydrogen-bond donors (Lipinski definition) is 3. The van der Waals surface area contributed by atoms with Gasteiger partial charge in [0.15, 0.2) is 0 Å². The zero-order valence-corrected chi connectivity index (χ0v) is 14.5. The fourth-order valence-electron chi connectivity index (χ4n) is 2.48. The largest absolute Gasteiger partial charge is 0.421 e. The fraction of sp³-hybridized carbons (Fsp3) is 0.471. The van der Waals surface area contributed by atoms with Crippen molar-refractivity contribution in [2.45, 2.75) is 40.2 Å². The standard InChI is InChI=1S/C17H24N4O3/c1-11(22)9-17(3,4)10-18-16(23)19-14-7-5-13(6-8-14)15-21-20-12(2)24-15/h5-8,11,22H,9-10H2,1-4H3,(H2,18,19,23)/t11-/m1/s1. The van der Waals surface area contributed by atoms with Crippen LogP contribution in [-0.2, 0) is 0 Å². The van der Waals surface area contributed by atoms with Crippen LogP contribution in [0, 0.1) is 12.3 Å². The van der Waals surface area contributed by atoms with Gasteiger partial charge in [0.2, 0.25) is 11.8 Å². The lowest BCUT2D eigenvalue weighted by Gasteiger charge is -2.26. The van der Waals surface area contributed by atoms with Crippen LogP contribution in [0.5, 0.6) is 0 Å². The Morgan fingerprint density at radius 3 is 2.50 bits per heavy atom. The number of carbonyl (C=O) groups excluding carboxylic acids is 1. The normalized spacial score (nSPS) is 12.7. The first-order chi connectivity index (χ1) is 11.2. The summed E-state index contributed by atoms with van der Waals surface area (Å²) in [6.07, 6.45) is 0.219. The van der Waals surface area contributed by atoms with E-state index >= 15 is 0 Å². The molecule has 7 nitrogen and oxygen atoms in total. The molecular formula is C17H24N4O3. The lowest BCUT2D eigenvalue weighted by atomic mass is 9.87. The van der Waals surface area contributed by atoms with Crippen molar-refractivity contribution in [3.63, 3.8) is 0 Å². The highest BCUT2D eigenvalue weighted by Crippen LogP contribution is 2.22. The predicted octanol–water partition coefficient (Wildman–Crippen LogP) is 2.96. The van der Waals surface area contributed by atoms with Crippen molar-refractivity contribution in [3.8, 4) is 11.5 Å². The predicted molar refractivity (Wildman–Crippen MR) is 91.6 cm³/mol. The number of nitrogens with one attached hydrogen (secondary N) is 2. The molecule has 24 heavy (non-hydrogen) atoms. The molecule has 0 saturated heterocycles. The molecule has 0 aliphatic rings. The minimum Gasteiger partial charge on any atom is -0.421 e. The van der Waals surface area contributed by atoms with Crippen molar-refractivity contribution in [1.29, 1.82) is 0 Å². The van der Waals surface area contributed by atoms with Gasteiger partial charge in [-0.05, 0) is 43.0 Å². The summed E-state index contributed by atoms with van der Waals surface area (Å²) in [5, 5.41) is 22.8. The fourth-order valence-corrected chi connectivity index (χ4v) is 2.48. The van der Waals surface area contributed by atoms with Gasteiger partial charge in [0.05, 0.1) is 6.10 Å². The van der Waals surface area contributed by atoms with Gasteiger partial charge in [-0.25, -0.2) is 4.79 Å². The van der Waals surface area contributed by atoms with Gasteiger partial charge in [-0.3, -0.25) is 0 Å². The van der Waals surface area contributed by atoms with E-state index in [0.29, 0.717) is 30.4 Å². The number of carbonyl (C=O) groups is 1. The first-order valence-corrected chi connectivity index (χ1v) is 7.89. The molecule has 7 heteroatoms. The average molecular weight is 332 g/mol. The number of benzene rings is 1. The van der Waals surface area contributed by atoms with Gasteiger partial charge >= 0.3 is 6.03 Å². The number of urea groups is 1. The van der Waals surface area contributed by atoms with Crippen molar-refractivity contribution in [1.82, 2.24) is 15.5 Å². The van der Waals surface area contributed by atoms with Crippen molar-refractivity contribution in [2.75, 3.05) is 11.9 Å². The van der Waals surface area contributed by atoms with Crippen LogP contribution in [0.2, 0.25) is 0 Å². The second-order valence-electron chi connectivity index (χ2n) is 6.73. The van der Waals surface area contributed by atoms with Crippen molar-refractivity contribution in [3.05, 3.63) is 30.2 Å². The van der Waals surface area contributed by atoms with Crippen LogP contribution in [-0.4, -0.2) is 34.0 Å². The summed E-state index contributed by atoms with van der Waals surface area (Å²) in [5.74, 6) is 0.953. The Morgan fingerprint density at radius 1 is 1.29 bits per heavy atom. The number of anilines is 1. The summed E-state index contributed by atoms with van der Waals surface area (Å²) in [5.41, 5.74) is 1.28. The van der Waals surface area contributed by atoms with E-state index in [1.165, 1.54) is 0 Å². The summed E-state index contributed by atoms with van der Waals surface area (Å²) < 4.78 is 5.36. The van der Waals surface area contributed by atoms with Gasteiger partial charge in [0.1, 0.15) is 0 Å². The molecular weight excluding hydrogens is 308 g/mol. The summed E-state index contributed by atoms with van der Waals surface area (Å²) in [7, 11) is 0. The van der Waals surface area contributed by atoms with E-state index in [9.17, 15) is 9.90 Å². The van der Waals surface area contributed by atoms with Gasteiger partial charge in [-0.1, -0.05) is 13.8 Å². The summed E-state index contributed by atoms with van der Waals surface area (Å²) >= 11 is 0. The second kappa shape index (κ2) is 7.44. The smallest absolute Gasteiger partial charge is 0.319 e. The van der Waals surface area contributed by atoms with Crippen LogP contribution >= 0.6 is 0 Å². The van der Waals surface area contributed by atoms with Crippen LogP contribution in [0.4, 0.5) is 10.5 Å². The number of aliphatic hydroxyl groups is 1. The molecule has 0 radical (unpaired) electrons. The third-order valence-electron chi connectivity index (χ3n) is 3.49. The van der Waals surface area contributed by atoms with E-state index in [1.807, 2.05) is 13.8 Å². The highest BCUT2D eigenvalue weighted by atomic mass is 16.4. The Bertz CT molecular complexity index is 677. The summed E-state index contributed by atoms with van der Waals surface area (Å²) in [6.45, 7) is 7.95. The number of nitrogens with zero attached hydrogens (tertiary/aromatic N) is 2. The SMILES string of the molecule is Cc1nnc(-c2ccc(NC(=O)NCC(C)(C)C[C@@H](C)O)cc2)o1. The Morgan fingerprint density at radius 2 is 1.96 bits per heavy atom. The van der Waals surface area contributed by atoms with Gasteiger partial charge in [0, 0.05) is 24.7 Å². The summed E-state index contributed by atoms with van der Waals surface area (Å²) in [4.78, 5) is 12.0. The molecule has 0 fully saturated rings. The lowest BCUT2D eigenvalue weighted by molar-refractivity contribution is 0.129. The Kier molecular flexibility index (Phi) is 5.56.